The Bertz CT molecular complexity index is 458. The molecule has 7 nitrogen and oxygen atoms in total. The Morgan fingerprint density at radius 1 is 1.59 bits per heavy atom. The Hall–Kier alpha value is -2.44. The predicted molar refractivity (Wildman–Crippen MR) is 58.0 cm³/mol. The van der Waals surface area contributed by atoms with Crippen LogP contribution < -0.4 is 10.1 Å². The molecule has 0 aliphatic carbocycles. The number of aldehydes is 1. The number of hydrogen-bond acceptors (Lipinski definition) is 5. The van der Waals surface area contributed by atoms with Gasteiger partial charge in [0.2, 0.25) is 0 Å². The summed E-state index contributed by atoms with van der Waals surface area (Å²) < 4.78 is 4.98. The van der Waals surface area contributed by atoms with Gasteiger partial charge < -0.3 is 10.1 Å². The molecule has 0 unspecified atom stereocenters. The van der Waals surface area contributed by atoms with E-state index in [1.807, 2.05) is 0 Å². The van der Waals surface area contributed by atoms with Crippen molar-refractivity contribution in [2.24, 2.45) is 0 Å². The minimum Gasteiger partial charge on any atom is -0.477 e. The number of rotatable bonds is 5. The van der Waals surface area contributed by atoms with Gasteiger partial charge >= 0.3 is 5.69 Å². The zero-order valence-corrected chi connectivity index (χ0v) is 9.00. The molecule has 0 aromatic heterocycles. The number of carbonyl (C=O) groups is 2. The second kappa shape index (κ2) is 5.59. The summed E-state index contributed by atoms with van der Waals surface area (Å²) in [7, 11) is 1.42. The fourth-order valence-electron chi connectivity index (χ4n) is 1.09. The number of amides is 1. The topological polar surface area (TPSA) is 98.5 Å². The highest BCUT2D eigenvalue weighted by molar-refractivity contribution is 5.78. The molecule has 0 fully saturated rings. The molecule has 0 saturated carbocycles. The van der Waals surface area contributed by atoms with Crippen LogP contribution in [0.2, 0.25) is 0 Å². The summed E-state index contributed by atoms with van der Waals surface area (Å²) in [6, 6.07) is 3.68. The van der Waals surface area contributed by atoms with E-state index in [1.54, 1.807) is 0 Å². The summed E-state index contributed by atoms with van der Waals surface area (Å²) in [4.78, 5) is 31.5. The first-order valence-electron chi connectivity index (χ1n) is 4.65. The summed E-state index contributed by atoms with van der Waals surface area (Å²) in [5.74, 6) is -0.529. The molecule has 90 valence electrons. The summed E-state index contributed by atoms with van der Waals surface area (Å²) in [5, 5.41) is 13.0. The Morgan fingerprint density at radius 3 is 2.82 bits per heavy atom. The van der Waals surface area contributed by atoms with E-state index >= 15 is 0 Å². The first-order chi connectivity index (χ1) is 8.08. The lowest BCUT2D eigenvalue weighted by molar-refractivity contribution is -0.385. The number of likely N-dealkylation sites (N-methyl/N-ethyl adjacent to an activating group) is 1. The van der Waals surface area contributed by atoms with E-state index in [0.29, 0.717) is 6.29 Å². The molecule has 0 aliphatic heterocycles. The fourth-order valence-corrected chi connectivity index (χ4v) is 1.09. The summed E-state index contributed by atoms with van der Waals surface area (Å²) in [5.41, 5.74) is -0.0537. The average molecular weight is 238 g/mol. The summed E-state index contributed by atoms with van der Waals surface area (Å²) in [6.07, 6.45) is 0.538. The molecule has 1 N–H and O–H groups in total. The van der Waals surface area contributed by atoms with Gasteiger partial charge in [0.1, 0.15) is 6.29 Å². The Balaban J connectivity index is 2.96. The van der Waals surface area contributed by atoms with Crippen molar-refractivity contribution in [3.05, 3.63) is 33.9 Å². The molecule has 0 heterocycles. The number of carbonyl (C=O) groups excluding carboxylic acids is 2. The summed E-state index contributed by atoms with van der Waals surface area (Å²) >= 11 is 0. The average Bonchev–Trinajstić information content (AvgIpc) is 2.35. The molecule has 17 heavy (non-hydrogen) atoms. The van der Waals surface area contributed by atoms with E-state index in [-0.39, 0.29) is 23.6 Å². The van der Waals surface area contributed by atoms with Crippen molar-refractivity contribution >= 4 is 17.9 Å². The van der Waals surface area contributed by atoms with Crippen LogP contribution in [0.4, 0.5) is 5.69 Å². The first-order valence-corrected chi connectivity index (χ1v) is 4.65. The van der Waals surface area contributed by atoms with Gasteiger partial charge in [-0.3, -0.25) is 19.7 Å². The van der Waals surface area contributed by atoms with Crippen molar-refractivity contribution in [2.45, 2.75) is 0 Å². The van der Waals surface area contributed by atoms with Gasteiger partial charge in [-0.2, -0.15) is 0 Å². The van der Waals surface area contributed by atoms with Crippen LogP contribution in [0.1, 0.15) is 10.4 Å². The highest BCUT2D eigenvalue weighted by atomic mass is 16.6. The van der Waals surface area contributed by atoms with Gasteiger partial charge in [0.05, 0.1) is 4.92 Å². The third-order valence-corrected chi connectivity index (χ3v) is 1.95. The van der Waals surface area contributed by atoms with Gasteiger partial charge in [0, 0.05) is 18.7 Å². The van der Waals surface area contributed by atoms with E-state index in [2.05, 4.69) is 5.32 Å². The lowest BCUT2D eigenvalue weighted by atomic mass is 10.2. The lowest BCUT2D eigenvalue weighted by Crippen LogP contribution is -2.25. The minimum absolute atomic E-state index is 0.108. The third-order valence-electron chi connectivity index (χ3n) is 1.95. The lowest BCUT2D eigenvalue weighted by Gasteiger charge is -2.06. The molecular weight excluding hydrogens is 228 g/mol. The number of benzene rings is 1. The molecule has 1 aromatic rings. The number of nitro groups is 1. The van der Waals surface area contributed by atoms with Crippen LogP contribution in [0.3, 0.4) is 0 Å². The maximum absolute atomic E-state index is 10.9. The Morgan fingerprint density at radius 2 is 2.29 bits per heavy atom. The second-order valence-electron chi connectivity index (χ2n) is 3.06. The van der Waals surface area contributed by atoms with Gasteiger partial charge in [0.15, 0.2) is 12.4 Å². The predicted octanol–water partition coefficient (Wildman–Crippen LogP) is 0.532. The Labute approximate surface area is 96.5 Å². The number of nitro benzene ring substituents is 1. The van der Waals surface area contributed by atoms with E-state index in [0.717, 1.165) is 6.07 Å². The quantitative estimate of drug-likeness (QED) is 0.458. The van der Waals surface area contributed by atoms with E-state index in [9.17, 15) is 19.7 Å². The minimum atomic E-state index is -0.645. The van der Waals surface area contributed by atoms with Gasteiger partial charge in [0.25, 0.3) is 5.91 Å². The van der Waals surface area contributed by atoms with Crippen LogP contribution in [0, 0.1) is 10.1 Å². The largest absolute Gasteiger partial charge is 0.477 e. The SMILES string of the molecule is CNC(=O)COc1cc(C=O)ccc1[N+](=O)[O-]. The maximum Gasteiger partial charge on any atom is 0.310 e. The van der Waals surface area contributed by atoms with Crippen LogP contribution in [0.25, 0.3) is 0 Å². The summed E-state index contributed by atoms with van der Waals surface area (Å²) in [6.45, 7) is -0.348. The molecule has 0 saturated heterocycles. The highest BCUT2D eigenvalue weighted by Crippen LogP contribution is 2.27. The molecule has 0 bridgehead atoms. The molecule has 1 aromatic carbocycles. The van der Waals surface area contributed by atoms with E-state index < -0.39 is 10.8 Å². The molecule has 1 amide bonds. The first kappa shape index (κ1) is 12.6. The molecule has 0 spiro atoms. The number of ether oxygens (including phenoxy) is 1. The van der Waals surface area contributed by atoms with Crippen molar-refractivity contribution < 1.29 is 19.2 Å². The van der Waals surface area contributed by atoms with Crippen LogP contribution >= 0.6 is 0 Å². The standard InChI is InChI=1S/C10H10N2O5/c1-11-10(14)6-17-9-4-7(5-13)2-3-8(9)12(15)16/h2-5H,6H2,1H3,(H,11,14). The van der Waals surface area contributed by atoms with Crippen molar-refractivity contribution in [3.8, 4) is 5.75 Å². The highest BCUT2D eigenvalue weighted by Gasteiger charge is 2.16. The van der Waals surface area contributed by atoms with Crippen molar-refractivity contribution in [3.63, 3.8) is 0 Å². The Kier molecular flexibility index (Phi) is 4.15. The van der Waals surface area contributed by atoms with Crippen LogP contribution in [0.5, 0.6) is 5.75 Å². The monoisotopic (exact) mass is 238 g/mol. The van der Waals surface area contributed by atoms with Crippen molar-refractivity contribution in [2.75, 3.05) is 13.7 Å². The zero-order chi connectivity index (χ0) is 12.8. The smallest absolute Gasteiger partial charge is 0.310 e. The fraction of sp³-hybridized carbons (Fsp3) is 0.200. The van der Waals surface area contributed by atoms with Crippen LogP contribution in [0.15, 0.2) is 18.2 Å². The second-order valence-corrected chi connectivity index (χ2v) is 3.06. The molecule has 1 rings (SSSR count). The van der Waals surface area contributed by atoms with E-state index in [4.69, 9.17) is 4.74 Å². The zero-order valence-electron chi connectivity index (χ0n) is 9.00. The number of hydrogen-bond donors (Lipinski definition) is 1. The third kappa shape index (κ3) is 3.26. The van der Waals surface area contributed by atoms with Gasteiger partial charge in [-0.1, -0.05) is 0 Å². The van der Waals surface area contributed by atoms with Crippen LogP contribution in [-0.2, 0) is 4.79 Å². The molecular formula is C10H10N2O5. The van der Waals surface area contributed by atoms with Crippen LogP contribution in [-0.4, -0.2) is 30.8 Å². The molecule has 0 atom stereocenters. The van der Waals surface area contributed by atoms with E-state index in [1.165, 1.54) is 19.2 Å². The van der Waals surface area contributed by atoms with Gasteiger partial charge in [-0.05, 0) is 12.1 Å². The maximum atomic E-state index is 10.9. The molecule has 0 radical (unpaired) electrons. The molecule has 0 aliphatic rings. The van der Waals surface area contributed by atoms with Crippen molar-refractivity contribution in [1.29, 1.82) is 0 Å². The van der Waals surface area contributed by atoms with Gasteiger partial charge in [-0.15, -0.1) is 0 Å². The number of nitrogens with zero attached hydrogens (tertiary/aromatic N) is 1. The number of nitrogens with one attached hydrogen (secondary N) is 1. The normalized spacial score (nSPS) is 9.47. The molecule has 7 heteroatoms. The van der Waals surface area contributed by atoms with Gasteiger partial charge in [-0.25, -0.2) is 0 Å². The van der Waals surface area contributed by atoms with Crippen molar-refractivity contribution in [1.82, 2.24) is 5.32 Å².